The normalized spacial score (nSPS) is 13.2. The van der Waals surface area contributed by atoms with E-state index >= 15 is 0 Å². The zero-order valence-electron chi connectivity index (χ0n) is 33.4. The lowest BCUT2D eigenvalue weighted by Crippen LogP contribution is -2.58. The highest BCUT2D eigenvalue weighted by Gasteiger charge is 2.31. The maximum Gasteiger partial charge on any atom is 0.407 e. The van der Waals surface area contributed by atoms with Gasteiger partial charge in [0.2, 0.25) is 23.6 Å². The van der Waals surface area contributed by atoms with E-state index in [0.717, 1.165) is 5.56 Å². The number of carbonyl (C=O) groups is 5. The van der Waals surface area contributed by atoms with Crippen LogP contribution in [0, 0.1) is 24.0 Å². The third kappa shape index (κ3) is 16.8. The van der Waals surface area contributed by atoms with Gasteiger partial charge in [-0.15, -0.1) is 0 Å². The highest BCUT2D eigenvalue weighted by molar-refractivity contribution is 6.31. The van der Waals surface area contributed by atoms with Crippen molar-refractivity contribution in [3.8, 4) is 5.75 Å². The number of benzene rings is 3. The number of halogens is 1. The van der Waals surface area contributed by atoms with Gasteiger partial charge < -0.3 is 53.6 Å². The summed E-state index contributed by atoms with van der Waals surface area (Å²) in [5.74, 6) is -3.34. The molecule has 0 radical (unpaired) electrons. The van der Waals surface area contributed by atoms with Crippen molar-refractivity contribution in [2.75, 3.05) is 13.1 Å². The van der Waals surface area contributed by atoms with E-state index in [0.29, 0.717) is 40.1 Å². The van der Waals surface area contributed by atoms with E-state index in [2.05, 4.69) is 31.7 Å². The van der Waals surface area contributed by atoms with E-state index in [9.17, 15) is 39.2 Å². The number of nitrogens with zero attached hydrogens (tertiary/aromatic N) is 2. The molecule has 0 unspecified atom stereocenters. The lowest BCUT2D eigenvalue weighted by atomic mass is 9.95. The molecule has 12 N–H and O–H groups in total. The Morgan fingerprint density at radius 2 is 1.40 bits per heavy atom. The first-order valence-electron chi connectivity index (χ1n) is 19.2. The van der Waals surface area contributed by atoms with Crippen LogP contribution in [0.1, 0.15) is 59.9 Å². The number of alkyl carbamates (subject to hydrolysis) is 1. The number of ether oxygens (including phenoxy) is 1. The summed E-state index contributed by atoms with van der Waals surface area (Å²) in [5, 5.41) is 36.4. The van der Waals surface area contributed by atoms with Crippen LogP contribution in [0.3, 0.4) is 0 Å². The monoisotopic (exact) mass is 852 g/mol. The zero-order chi connectivity index (χ0) is 44.2. The van der Waals surface area contributed by atoms with Gasteiger partial charge >= 0.3 is 6.09 Å². The average molecular weight is 853 g/mol. The van der Waals surface area contributed by atoms with Crippen LogP contribution in [0.2, 0.25) is 5.02 Å². The van der Waals surface area contributed by atoms with Gasteiger partial charge in [-0.1, -0.05) is 60.1 Å². The zero-order valence-corrected chi connectivity index (χ0v) is 34.2. The van der Waals surface area contributed by atoms with Crippen molar-refractivity contribution < 1.29 is 38.8 Å². The molecule has 60 heavy (non-hydrogen) atoms. The summed E-state index contributed by atoms with van der Waals surface area (Å²) < 4.78 is 5.25. The summed E-state index contributed by atoms with van der Waals surface area (Å²) in [6.07, 6.45) is 0.443. The van der Waals surface area contributed by atoms with Crippen molar-refractivity contribution in [1.82, 2.24) is 26.6 Å². The van der Waals surface area contributed by atoms with Crippen LogP contribution >= 0.6 is 11.6 Å². The Hall–Kier alpha value is -6.47. The number of nitrogens with one attached hydrogen (secondary N) is 5. The van der Waals surface area contributed by atoms with Gasteiger partial charge in [0.05, 0.1) is 6.04 Å². The number of phenolic OH excluding ortho intramolecular Hbond substituents is 1. The first-order chi connectivity index (χ1) is 28.5. The number of aryl methyl sites for hydroxylation is 2. The Balaban J connectivity index is 1.77. The first kappa shape index (κ1) is 47.9. The third-order valence-electron chi connectivity index (χ3n) is 9.33. The fourth-order valence-corrected chi connectivity index (χ4v) is 6.33. The summed E-state index contributed by atoms with van der Waals surface area (Å²) in [5.41, 5.74) is 20.6. The second-order valence-electron chi connectivity index (χ2n) is 14.0. The average Bonchev–Trinajstić information content (AvgIpc) is 3.19. The van der Waals surface area contributed by atoms with Crippen molar-refractivity contribution in [1.29, 1.82) is 0 Å². The van der Waals surface area contributed by atoms with Crippen LogP contribution in [-0.4, -0.2) is 83.1 Å². The molecule has 20 heteroatoms. The summed E-state index contributed by atoms with van der Waals surface area (Å²) in [6.45, 7) is 3.72. The molecule has 0 saturated heterocycles. The molecule has 3 aromatic rings. The number of amides is 5. The maximum atomic E-state index is 14.2. The molecule has 0 aliphatic heterocycles. The van der Waals surface area contributed by atoms with Crippen LogP contribution in [-0.2, 0) is 43.4 Å². The second-order valence-corrected chi connectivity index (χ2v) is 14.4. The number of guanidine groups is 1. The lowest BCUT2D eigenvalue weighted by Gasteiger charge is -2.26. The smallest absolute Gasteiger partial charge is 0.407 e. The molecule has 0 aliphatic rings. The number of phenols is 1. The van der Waals surface area contributed by atoms with Gasteiger partial charge in [-0.2, -0.15) is 0 Å². The quantitative estimate of drug-likeness (QED) is 0.0217. The molecule has 4 atom stereocenters. The molecule has 0 aliphatic carbocycles. The molecule has 0 spiro atoms. The highest BCUT2D eigenvalue weighted by atomic mass is 35.5. The van der Waals surface area contributed by atoms with Crippen LogP contribution in [0.15, 0.2) is 71.8 Å². The van der Waals surface area contributed by atoms with Crippen LogP contribution in [0.25, 0.3) is 0 Å². The maximum absolute atomic E-state index is 14.2. The molecule has 0 fully saturated rings. The van der Waals surface area contributed by atoms with Gasteiger partial charge in [0, 0.05) is 36.5 Å². The van der Waals surface area contributed by atoms with Crippen LogP contribution in [0.5, 0.6) is 5.75 Å². The van der Waals surface area contributed by atoms with Crippen molar-refractivity contribution in [2.24, 2.45) is 22.3 Å². The topological polar surface area (TPSA) is 309 Å². The molecule has 3 rings (SSSR count). The van der Waals surface area contributed by atoms with E-state index in [4.69, 9.17) is 33.5 Å². The Morgan fingerprint density at radius 3 is 2.05 bits per heavy atom. The number of rotatable bonds is 23. The van der Waals surface area contributed by atoms with E-state index < -0.39 is 64.9 Å². The predicted molar refractivity (Wildman–Crippen MR) is 224 cm³/mol. The lowest BCUT2D eigenvalue weighted by molar-refractivity contribution is -0.485. The van der Waals surface area contributed by atoms with Crippen molar-refractivity contribution in [3.63, 3.8) is 0 Å². The molecule has 0 heterocycles. The fraction of sp³-hybridized carbons (Fsp3) is 0.400. The standard InChI is InChI=1S/C40H53ClN10O9/c1-24-19-28(52)20-25(2)29(24)22-34(49-36(54)31(42)15-10-18-45-39(44)50-51(58)59)38(56)47-32(37(55)48-33(35(43)53)21-26-11-4-3-5-12-26)16-8-9-17-46-40(57)60-23-27-13-6-7-14-30(27)41/h3-7,11-14,19-20,31-34,52H,8-10,15-18,21-23,42H2,1-2H3,(H2,43,53)(H,46,57)(H,47,56)(H,48,55)(H,49,54)(H3,44,45,50)/t31-,32+,33+,34+/m1/s1. The van der Waals surface area contributed by atoms with E-state index in [1.165, 1.54) is 12.1 Å². The van der Waals surface area contributed by atoms with Crippen LogP contribution < -0.4 is 43.8 Å². The Bertz CT molecular complexity index is 1960. The number of hydrogen-bond donors (Lipinski definition) is 9. The molecule has 324 valence electrons. The molecule has 3 aromatic carbocycles. The van der Waals surface area contributed by atoms with Gasteiger partial charge in [-0.25, -0.2) is 14.9 Å². The van der Waals surface area contributed by atoms with Gasteiger partial charge in [-0.05, 0) is 86.4 Å². The minimum atomic E-state index is -1.27. The predicted octanol–water partition coefficient (Wildman–Crippen LogP) is 1.69. The molecule has 5 amide bonds. The van der Waals surface area contributed by atoms with Crippen molar-refractivity contribution in [2.45, 2.75) is 89.6 Å². The fourth-order valence-electron chi connectivity index (χ4n) is 6.14. The van der Waals surface area contributed by atoms with Crippen LogP contribution in [0.4, 0.5) is 4.79 Å². The largest absolute Gasteiger partial charge is 0.508 e. The molecule has 0 aromatic heterocycles. The van der Waals surface area contributed by atoms with E-state index in [1.807, 2.05) is 0 Å². The van der Waals surface area contributed by atoms with Gasteiger partial charge in [0.15, 0.2) is 5.03 Å². The summed E-state index contributed by atoms with van der Waals surface area (Å²) >= 11 is 6.13. The molecule has 0 saturated carbocycles. The summed E-state index contributed by atoms with van der Waals surface area (Å²) in [6, 6.07) is 14.1. The highest BCUT2D eigenvalue weighted by Crippen LogP contribution is 2.22. The van der Waals surface area contributed by atoms with Crippen molar-refractivity contribution >= 4 is 47.3 Å². The van der Waals surface area contributed by atoms with Crippen molar-refractivity contribution in [3.05, 3.63) is 110 Å². The summed E-state index contributed by atoms with van der Waals surface area (Å²) in [7, 11) is 0. The third-order valence-corrected chi connectivity index (χ3v) is 9.70. The van der Waals surface area contributed by atoms with E-state index in [1.54, 1.807) is 68.4 Å². The Labute approximate surface area is 352 Å². The number of aromatic hydroxyl groups is 1. The van der Waals surface area contributed by atoms with Gasteiger partial charge in [-0.3, -0.25) is 19.2 Å². The van der Waals surface area contributed by atoms with E-state index in [-0.39, 0.29) is 57.6 Å². The number of primary amides is 1. The minimum absolute atomic E-state index is 0.0119. The molecule has 0 bridgehead atoms. The Morgan fingerprint density at radius 1 is 0.800 bits per heavy atom. The first-order valence-corrected chi connectivity index (χ1v) is 19.6. The summed E-state index contributed by atoms with van der Waals surface area (Å²) in [4.78, 5) is 76.8. The number of hydrogen-bond acceptors (Lipinski definition) is 10. The minimum Gasteiger partial charge on any atom is -0.508 e. The van der Waals surface area contributed by atoms with Gasteiger partial charge in [0.25, 0.3) is 5.96 Å². The SMILES string of the molecule is Cc1cc(O)cc(C)c1C[C@H](NC(=O)[C@H](N)CCCN/C(N)=N\[N+](=O)[O-])C(=O)N[C@@H](CCCCNC(=O)OCc1ccccc1Cl)C(=O)N[C@@H](Cc1ccccc1)C(N)=O. The van der Waals surface area contributed by atoms with Gasteiger partial charge in [0.1, 0.15) is 35.6 Å². The number of hydrazone groups is 1. The second kappa shape index (κ2) is 24.5. The molecular formula is C40H53ClN10O9. The molecular weight excluding hydrogens is 800 g/mol. The number of nitrogens with two attached hydrogens (primary N) is 3. The molecule has 19 nitrogen and oxygen atoms in total. The Kier molecular flexibility index (Phi) is 19.5. The number of unbranched alkanes of at least 4 members (excludes halogenated alkanes) is 1. The number of carbonyl (C=O) groups excluding carboxylic acids is 5. The number of nitro groups is 1.